The number of aromatic nitrogens is 1. The van der Waals surface area contributed by atoms with Gasteiger partial charge in [-0.2, -0.15) is 0 Å². The molecule has 1 aromatic carbocycles. The van der Waals surface area contributed by atoms with Crippen LogP contribution in [0.5, 0.6) is 0 Å². The van der Waals surface area contributed by atoms with Crippen LogP contribution in [0.15, 0.2) is 22.4 Å². The molecule has 6 heteroatoms. The standard InChI is InChI=1S/C11H10F2N2S2/c1-6-15-8(4-16-6)5-17-11-9(12)2-7(14)3-10(11)13/h2-4H,5,14H2,1H3. The van der Waals surface area contributed by atoms with Gasteiger partial charge < -0.3 is 5.73 Å². The highest BCUT2D eigenvalue weighted by molar-refractivity contribution is 7.98. The molecule has 17 heavy (non-hydrogen) atoms. The Hall–Kier alpha value is -1.14. The number of nitrogens with two attached hydrogens (primary N) is 1. The third kappa shape index (κ3) is 2.95. The Balaban J connectivity index is 2.14. The van der Waals surface area contributed by atoms with Gasteiger partial charge in [0.05, 0.1) is 15.6 Å². The lowest BCUT2D eigenvalue weighted by atomic mass is 10.3. The van der Waals surface area contributed by atoms with Crippen LogP contribution in [0.4, 0.5) is 14.5 Å². The molecular formula is C11H10F2N2S2. The number of halogens is 2. The topological polar surface area (TPSA) is 38.9 Å². The lowest BCUT2D eigenvalue weighted by Gasteiger charge is -2.04. The van der Waals surface area contributed by atoms with E-state index < -0.39 is 11.6 Å². The van der Waals surface area contributed by atoms with Gasteiger partial charge in [-0.25, -0.2) is 13.8 Å². The van der Waals surface area contributed by atoms with Crippen LogP contribution in [0.25, 0.3) is 0 Å². The average molecular weight is 272 g/mol. The van der Waals surface area contributed by atoms with E-state index in [4.69, 9.17) is 5.73 Å². The fourth-order valence-electron chi connectivity index (χ4n) is 1.34. The van der Waals surface area contributed by atoms with Crippen molar-refractivity contribution in [1.29, 1.82) is 0 Å². The maximum absolute atomic E-state index is 13.5. The molecule has 0 aliphatic heterocycles. The Labute approximate surface area is 106 Å². The van der Waals surface area contributed by atoms with Gasteiger partial charge in [-0.05, 0) is 19.1 Å². The summed E-state index contributed by atoms with van der Waals surface area (Å²) < 4.78 is 26.9. The van der Waals surface area contributed by atoms with Gasteiger partial charge in [0, 0.05) is 16.8 Å². The summed E-state index contributed by atoms with van der Waals surface area (Å²) in [6, 6.07) is 2.25. The second kappa shape index (κ2) is 5.01. The van der Waals surface area contributed by atoms with Crippen LogP contribution in [0.1, 0.15) is 10.7 Å². The molecule has 1 aromatic heterocycles. The Kier molecular flexibility index (Phi) is 3.63. The van der Waals surface area contributed by atoms with E-state index in [1.54, 1.807) is 0 Å². The molecule has 0 amide bonds. The van der Waals surface area contributed by atoms with Crippen LogP contribution in [-0.2, 0) is 5.75 Å². The first-order valence-corrected chi connectivity index (χ1v) is 6.71. The number of benzene rings is 1. The van der Waals surface area contributed by atoms with Crippen molar-refractivity contribution in [3.05, 3.63) is 39.8 Å². The van der Waals surface area contributed by atoms with Crippen LogP contribution in [-0.4, -0.2) is 4.98 Å². The second-order valence-corrected chi connectivity index (χ2v) is 5.51. The molecule has 2 rings (SSSR count). The molecule has 0 aliphatic rings. The van der Waals surface area contributed by atoms with Crippen LogP contribution < -0.4 is 5.73 Å². The Morgan fingerprint density at radius 3 is 2.53 bits per heavy atom. The molecular weight excluding hydrogens is 262 g/mol. The van der Waals surface area contributed by atoms with Crippen molar-refractivity contribution in [2.45, 2.75) is 17.6 Å². The van der Waals surface area contributed by atoms with Gasteiger partial charge in [0.2, 0.25) is 0 Å². The van der Waals surface area contributed by atoms with Crippen molar-refractivity contribution in [2.75, 3.05) is 5.73 Å². The molecule has 0 fully saturated rings. The van der Waals surface area contributed by atoms with E-state index in [2.05, 4.69) is 4.98 Å². The predicted molar refractivity (Wildman–Crippen MR) is 67.2 cm³/mol. The first-order chi connectivity index (χ1) is 8.06. The molecule has 90 valence electrons. The average Bonchev–Trinajstić information content (AvgIpc) is 2.62. The van der Waals surface area contributed by atoms with E-state index >= 15 is 0 Å². The molecule has 0 unspecified atom stereocenters. The molecule has 2 aromatic rings. The van der Waals surface area contributed by atoms with Crippen molar-refractivity contribution in [1.82, 2.24) is 4.98 Å². The van der Waals surface area contributed by atoms with Crippen molar-refractivity contribution >= 4 is 28.8 Å². The highest BCUT2D eigenvalue weighted by atomic mass is 32.2. The SMILES string of the molecule is Cc1nc(CSc2c(F)cc(N)cc2F)cs1. The highest BCUT2D eigenvalue weighted by Gasteiger charge is 2.11. The van der Waals surface area contributed by atoms with Gasteiger partial charge >= 0.3 is 0 Å². The molecule has 1 heterocycles. The monoisotopic (exact) mass is 272 g/mol. The van der Waals surface area contributed by atoms with Crippen molar-refractivity contribution in [3.63, 3.8) is 0 Å². The maximum Gasteiger partial charge on any atom is 0.141 e. The minimum atomic E-state index is -0.626. The van der Waals surface area contributed by atoms with Crippen LogP contribution in [0.3, 0.4) is 0 Å². The normalized spacial score (nSPS) is 10.8. The summed E-state index contributed by atoms with van der Waals surface area (Å²) in [5.41, 5.74) is 6.26. The zero-order valence-electron chi connectivity index (χ0n) is 9.04. The third-order valence-corrected chi connectivity index (χ3v) is 3.99. The van der Waals surface area contributed by atoms with E-state index in [-0.39, 0.29) is 10.6 Å². The zero-order valence-corrected chi connectivity index (χ0v) is 10.7. The van der Waals surface area contributed by atoms with E-state index in [9.17, 15) is 8.78 Å². The molecule has 0 spiro atoms. The number of hydrogen-bond donors (Lipinski definition) is 1. The Morgan fingerprint density at radius 2 is 2.00 bits per heavy atom. The highest BCUT2D eigenvalue weighted by Crippen LogP contribution is 2.30. The number of thioether (sulfide) groups is 1. The number of aryl methyl sites for hydroxylation is 1. The number of hydrogen-bond acceptors (Lipinski definition) is 4. The van der Waals surface area contributed by atoms with Crippen molar-refractivity contribution in [3.8, 4) is 0 Å². The van der Waals surface area contributed by atoms with Crippen molar-refractivity contribution in [2.24, 2.45) is 0 Å². The fraction of sp³-hybridized carbons (Fsp3) is 0.182. The first kappa shape index (κ1) is 12.3. The summed E-state index contributed by atoms with van der Waals surface area (Å²) in [6.45, 7) is 1.89. The number of anilines is 1. The minimum absolute atomic E-state index is 0.00940. The zero-order chi connectivity index (χ0) is 12.4. The van der Waals surface area contributed by atoms with E-state index in [1.165, 1.54) is 11.3 Å². The maximum atomic E-state index is 13.5. The second-order valence-electron chi connectivity index (χ2n) is 3.46. The van der Waals surface area contributed by atoms with Gasteiger partial charge in [0.1, 0.15) is 11.6 Å². The van der Waals surface area contributed by atoms with Gasteiger partial charge in [-0.3, -0.25) is 0 Å². The number of nitrogen functional groups attached to an aromatic ring is 1. The quantitative estimate of drug-likeness (QED) is 0.685. The van der Waals surface area contributed by atoms with Gasteiger partial charge in [-0.1, -0.05) is 0 Å². The summed E-state index contributed by atoms with van der Waals surface area (Å²) in [7, 11) is 0. The molecule has 0 aliphatic carbocycles. The first-order valence-electron chi connectivity index (χ1n) is 4.84. The summed E-state index contributed by atoms with van der Waals surface area (Å²) in [4.78, 5) is 4.22. The largest absolute Gasteiger partial charge is 0.399 e. The van der Waals surface area contributed by atoms with Crippen LogP contribution >= 0.6 is 23.1 Å². The summed E-state index contributed by atoms with van der Waals surface area (Å²) in [5.74, 6) is -0.804. The molecule has 0 saturated heterocycles. The third-order valence-electron chi connectivity index (χ3n) is 2.05. The predicted octanol–water partition coefficient (Wildman–Crippen LogP) is 3.60. The van der Waals surface area contributed by atoms with E-state index in [0.717, 1.165) is 34.6 Å². The Morgan fingerprint density at radius 1 is 1.35 bits per heavy atom. The van der Waals surface area contributed by atoms with Gasteiger partial charge in [0.15, 0.2) is 0 Å². The minimum Gasteiger partial charge on any atom is -0.399 e. The summed E-state index contributed by atoms with van der Waals surface area (Å²) in [5, 5.41) is 2.83. The van der Waals surface area contributed by atoms with Crippen molar-refractivity contribution < 1.29 is 8.78 Å². The summed E-state index contributed by atoms with van der Waals surface area (Å²) in [6.07, 6.45) is 0. The number of rotatable bonds is 3. The molecule has 0 atom stereocenters. The molecule has 2 N–H and O–H groups in total. The van der Waals surface area contributed by atoms with Crippen LogP contribution in [0, 0.1) is 18.6 Å². The summed E-state index contributed by atoms with van der Waals surface area (Å²) >= 11 is 2.61. The molecule has 2 nitrogen and oxygen atoms in total. The molecule has 0 saturated carbocycles. The van der Waals surface area contributed by atoms with Crippen LogP contribution in [0.2, 0.25) is 0 Å². The van der Waals surface area contributed by atoms with E-state index in [1.807, 2.05) is 12.3 Å². The van der Waals surface area contributed by atoms with E-state index in [0.29, 0.717) is 5.75 Å². The molecule has 0 bridgehead atoms. The Bertz CT molecular complexity index is 517. The van der Waals surface area contributed by atoms with Gasteiger partial charge in [0.25, 0.3) is 0 Å². The fourth-order valence-corrected chi connectivity index (χ4v) is 2.89. The van der Waals surface area contributed by atoms with Gasteiger partial charge in [-0.15, -0.1) is 23.1 Å². The lowest BCUT2D eigenvalue weighted by Crippen LogP contribution is -1.93. The molecule has 0 radical (unpaired) electrons. The number of thiazole rings is 1. The lowest BCUT2D eigenvalue weighted by molar-refractivity contribution is 0.542. The smallest absolute Gasteiger partial charge is 0.141 e. The number of nitrogens with zero attached hydrogens (tertiary/aromatic N) is 1.